The predicted octanol–water partition coefficient (Wildman–Crippen LogP) is 6.22. The topological polar surface area (TPSA) is 91.3 Å². The number of aromatic nitrogens is 2. The third-order valence-corrected chi connectivity index (χ3v) is 12.9. The lowest BCUT2D eigenvalue weighted by Crippen LogP contribution is -2.58. The summed E-state index contributed by atoms with van der Waals surface area (Å²) in [5, 5.41) is 12.6. The Morgan fingerprint density at radius 2 is 1.75 bits per heavy atom. The Labute approximate surface area is 284 Å². The highest BCUT2D eigenvalue weighted by Crippen LogP contribution is 2.49. The number of fused-ring (bicyclic) bond motifs is 2. The lowest BCUT2D eigenvalue weighted by molar-refractivity contribution is 0.245. The molecule has 0 aliphatic carbocycles. The van der Waals surface area contributed by atoms with Crippen molar-refractivity contribution in [3.05, 3.63) is 77.1 Å². The first-order valence-electron chi connectivity index (χ1n) is 15.9. The van der Waals surface area contributed by atoms with Crippen LogP contribution in [0.2, 0.25) is 5.02 Å². The average Bonchev–Trinajstić information content (AvgIpc) is 3.05. The maximum absolute atomic E-state index is 16.9. The monoisotopic (exact) mass is 689 g/mol. The summed E-state index contributed by atoms with van der Waals surface area (Å²) in [6.07, 6.45) is 0.769. The fourth-order valence-electron chi connectivity index (χ4n) is 6.74. The van der Waals surface area contributed by atoms with Crippen molar-refractivity contribution >= 4 is 51.8 Å². The number of anilines is 1. The molecule has 2 aliphatic heterocycles. The first-order valence-corrected chi connectivity index (χ1v) is 18.4. The lowest BCUT2D eigenvalue weighted by atomic mass is 9.96. The van der Waals surface area contributed by atoms with Crippen LogP contribution in [0.5, 0.6) is 17.2 Å². The van der Waals surface area contributed by atoms with E-state index in [0.29, 0.717) is 73.4 Å². The fraction of sp³-hybridized carbons (Fsp3) is 0.333. The number of benzene rings is 4. The van der Waals surface area contributed by atoms with Crippen molar-refractivity contribution in [2.45, 2.75) is 12.6 Å². The maximum Gasteiger partial charge on any atom is 0.226 e. The first kappa shape index (κ1) is 32.6. The second-order valence-corrected chi connectivity index (χ2v) is 16.3. The van der Waals surface area contributed by atoms with Crippen molar-refractivity contribution in [2.24, 2.45) is 0 Å². The summed E-state index contributed by atoms with van der Waals surface area (Å²) in [6.45, 7) is 3.13. The predicted molar refractivity (Wildman–Crippen MR) is 191 cm³/mol. The summed E-state index contributed by atoms with van der Waals surface area (Å²) < 4.78 is 42.8. The van der Waals surface area contributed by atoms with E-state index in [9.17, 15) is 9.67 Å². The summed E-state index contributed by atoms with van der Waals surface area (Å²) in [5.74, 6) is 1.20. The van der Waals surface area contributed by atoms with Gasteiger partial charge in [0.25, 0.3) is 0 Å². The van der Waals surface area contributed by atoms with Crippen LogP contribution in [0.4, 0.5) is 10.3 Å². The van der Waals surface area contributed by atoms with E-state index >= 15 is 4.39 Å². The van der Waals surface area contributed by atoms with Gasteiger partial charge >= 0.3 is 0 Å². The minimum Gasteiger partial charge on any atom is -0.508 e. The molecule has 0 unspecified atom stereocenters. The number of likely N-dealkylation sites (N-methyl/N-ethyl adjacent to an activating group) is 1. The second kappa shape index (κ2) is 12.8. The molecular formula is C36H38ClFN5O4P. The van der Waals surface area contributed by atoms with Crippen molar-refractivity contribution in [1.29, 1.82) is 0 Å². The molecule has 2 saturated heterocycles. The van der Waals surface area contributed by atoms with Gasteiger partial charge in [-0.3, -0.25) is 4.90 Å². The normalized spacial score (nSPS) is 16.9. The van der Waals surface area contributed by atoms with Crippen molar-refractivity contribution in [2.75, 3.05) is 71.7 Å². The van der Waals surface area contributed by atoms with Crippen molar-refractivity contribution in [1.82, 2.24) is 19.8 Å². The van der Waals surface area contributed by atoms with E-state index in [1.807, 2.05) is 61.5 Å². The number of aromatic hydroxyl groups is 1. The van der Waals surface area contributed by atoms with Crippen LogP contribution in [0, 0.1) is 5.82 Å². The molecule has 2 aliphatic rings. The molecule has 0 amide bonds. The van der Waals surface area contributed by atoms with E-state index in [1.165, 1.54) is 6.07 Å². The van der Waals surface area contributed by atoms with Gasteiger partial charge in [-0.25, -0.2) is 14.4 Å². The van der Waals surface area contributed by atoms with E-state index < -0.39 is 13.0 Å². The second-order valence-electron chi connectivity index (χ2n) is 12.8. The summed E-state index contributed by atoms with van der Waals surface area (Å²) >= 11 is 6.90. The molecular weight excluding hydrogens is 652 g/mol. The number of halogens is 2. The molecule has 250 valence electrons. The van der Waals surface area contributed by atoms with Crippen LogP contribution >= 0.6 is 18.7 Å². The highest BCUT2D eigenvalue weighted by Gasteiger charge is 2.37. The van der Waals surface area contributed by atoms with Gasteiger partial charge in [0.05, 0.1) is 19.2 Å². The molecule has 5 aromatic rings. The number of phenols is 1. The zero-order valence-corrected chi connectivity index (χ0v) is 29.1. The van der Waals surface area contributed by atoms with Crippen molar-refractivity contribution in [3.63, 3.8) is 0 Å². The molecule has 48 heavy (non-hydrogen) atoms. The van der Waals surface area contributed by atoms with Crippen LogP contribution in [0.1, 0.15) is 5.56 Å². The van der Waals surface area contributed by atoms with Gasteiger partial charge < -0.3 is 28.9 Å². The van der Waals surface area contributed by atoms with Crippen LogP contribution in [0.15, 0.2) is 60.7 Å². The third kappa shape index (κ3) is 5.85. The molecule has 0 spiro atoms. The molecule has 3 heterocycles. The number of methoxy groups -OCH3 is 2. The molecule has 2 fully saturated rings. The molecule has 4 aromatic carbocycles. The summed E-state index contributed by atoms with van der Waals surface area (Å²) in [6, 6.07) is 18.3. The van der Waals surface area contributed by atoms with Gasteiger partial charge in [0.2, 0.25) is 5.95 Å². The minimum atomic E-state index is -3.09. The Kier molecular flexibility index (Phi) is 8.71. The summed E-state index contributed by atoms with van der Waals surface area (Å²) in [7, 11) is 4.21. The molecule has 1 N–H and O–H groups in total. The van der Waals surface area contributed by atoms with Gasteiger partial charge in [0.1, 0.15) is 35.3 Å². The Balaban J connectivity index is 1.29. The lowest BCUT2D eigenvalue weighted by Gasteiger charge is -2.43. The van der Waals surface area contributed by atoms with Crippen LogP contribution in [-0.4, -0.2) is 97.7 Å². The van der Waals surface area contributed by atoms with E-state index in [2.05, 4.69) is 9.80 Å². The standard InChI is InChI=1S/C36H38ClFN5O4P/c1-41(2)24-20-43(21-24)36-39-34-29(18-30(37)32(33(34)38)28-16-25(44)15-22-7-5-6-8-27(22)28)35(40-36)48(45)13-11-42(12-14-48)19-23-9-10-26(46-3)17-31(23)47-4/h5-10,15-18,24,44H,11-14,19-21H2,1-4H3. The smallest absolute Gasteiger partial charge is 0.226 e. The quantitative estimate of drug-likeness (QED) is 0.191. The Morgan fingerprint density at radius 3 is 2.46 bits per heavy atom. The molecule has 0 saturated carbocycles. The van der Waals surface area contributed by atoms with Crippen LogP contribution in [-0.2, 0) is 11.1 Å². The summed E-state index contributed by atoms with van der Waals surface area (Å²) in [5.41, 5.74) is 2.07. The zero-order chi connectivity index (χ0) is 33.7. The highest BCUT2D eigenvalue weighted by molar-refractivity contribution is 7.72. The van der Waals surface area contributed by atoms with E-state index in [0.717, 1.165) is 27.8 Å². The first-order chi connectivity index (χ1) is 23.1. The van der Waals surface area contributed by atoms with Crippen LogP contribution < -0.4 is 19.8 Å². The molecule has 1 aromatic heterocycles. The largest absolute Gasteiger partial charge is 0.508 e. The number of phenolic OH excluding ortho intramolecular Hbond substituents is 1. The number of nitrogens with zero attached hydrogens (tertiary/aromatic N) is 5. The van der Waals surface area contributed by atoms with E-state index in [-0.39, 0.29) is 21.9 Å². The maximum atomic E-state index is 16.9. The van der Waals surface area contributed by atoms with Gasteiger partial charge in [-0.15, -0.1) is 0 Å². The number of hydrogen-bond donors (Lipinski definition) is 1. The third-order valence-electron chi connectivity index (χ3n) is 9.67. The van der Waals surface area contributed by atoms with Crippen LogP contribution in [0.25, 0.3) is 32.8 Å². The highest BCUT2D eigenvalue weighted by atomic mass is 35.5. The molecule has 0 bridgehead atoms. The van der Waals surface area contributed by atoms with Gasteiger partial charge in [-0.2, -0.15) is 0 Å². The Morgan fingerprint density at radius 1 is 1.00 bits per heavy atom. The molecule has 0 atom stereocenters. The Hall–Kier alpha value is -3.95. The van der Waals surface area contributed by atoms with E-state index in [4.69, 9.17) is 31.0 Å². The van der Waals surface area contributed by atoms with Gasteiger partial charge in [0, 0.05) is 73.7 Å². The van der Waals surface area contributed by atoms with Gasteiger partial charge in [-0.05, 0) is 54.7 Å². The summed E-state index contributed by atoms with van der Waals surface area (Å²) in [4.78, 5) is 16.1. The minimum absolute atomic E-state index is 0.00194. The zero-order valence-electron chi connectivity index (χ0n) is 27.4. The molecule has 0 radical (unpaired) electrons. The van der Waals surface area contributed by atoms with Crippen molar-refractivity contribution < 1.29 is 23.5 Å². The number of rotatable bonds is 8. The molecule has 12 heteroatoms. The Bertz CT molecular complexity index is 2080. The molecule has 7 rings (SSSR count). The fourth-order valence-corrected chi connectivity index (χ4v) is 9.77. The van der Waals surface area contributed by atoms with Crippen molar-refractivity contribution in [3.8, 4) is 28.4 Å². The van der Waals surface area contributed by atoms with Gasteiger partial charge in [0.15, 0.2) is 5.82 Å². The van der Waals surface area contributed by atoms with Crippen LogP contribution in [0.3, 0.4) is 0 Å². The number of ether oxygens (including phenoxy) is 2. The molecule has 9 nitrogen and oxygen atoms in total. The van der Waals surface area contributed by atoms with E-state index in [1.54, 1.807) is 26.4 Å². The average molecular weight is 690 g/mol. The van der Waals surface area contributed by atoms with Gasteiger partial charge in [-0.1, -0.05) is 41.9 Å². The number of hydrogen-bond acceptors (Lipinski definition) is 9. The SMILES string of the molecule is COc1ccc(CN2CCP(=O)(c3nc(N4CC(N(C)C)C4)nc4c(F)c(-c5cc(O)cc6ccccc56)c(Cl)cc34)CC2)c(OC)c1.